The second kappa shape index (κ2) is 4.41. The van der Waals surface area contributed by atoms with Gasteiger partial charge in [-0.15, -0.1) is 11.3 Å². The molecule has 15 heavy (non-hydrogen) atoms. The number of carbonyl (C=O) groups is 1. The van der Waals surface area contributed by atoms with Gasteiger partial charge in [-0.3, -0.25) is 4.79 Å². The van der Waals surface area contributed by atoms with Crippen LogP contribution >= 0.6 is 11.3 Å². The molecule has 1 fully saturated rings. The minimum absolute atomic E-state index is 0.172. The van der Waals surface area contributed by atoms with Gasteiger partial charge in [-0.25, -0.2) is 4.98 Å². The highest BCUT2D eigenvalue weighted by atomic mass is 32.1. The third-order valence-electron chi connectivity index (χ3n) is 3.29. The normalized spacial score (nSPS) is 20.1. The largest absolute Gasteiger partial charge is 0.308 e. The monoisotopic (exact) mass is 224 g/mol. The zero-order chi connectivity index (χ0) is 10.7. The van der Waals surface area contributed by atoms with Gasteiger partial charge in [0, 0.05) is 5.38 Å². The fourth-order valence-electron chi connectivity index (χ4n) is 2.32. The van der Waals surface area contributed by atoms with Crippen molar-refractivity contribution in [1.82, 2.24) is 10.3 Å². The van der Waals surface area contributed by atoms with Gasteiger partial charge >= 0.3 is 0 Å². The van der Waals surface area contributed by atoms with E-state index >= 15 is 0 Å². The van der Waals surface area contributed by atoms with Crippen molar-refractivity contribution in [3.05, 3.63) is 16.6 Å². The second-order valence-electron chi connectivity index (χ2n) is 4.10. The SMILES string of the molecule is CNC1(C(=O)c2cscn2)CCCCC1. The Labute approximate surface area is 93.9 Å². The molecule has 1 saturated carbocycles. The molecule has 0 bridgehead atoms. The van der Waals surface area contributed by atoms with Crippen LogP contribution in [0.4, 0.5) is 0 Å². The van der Waals surface area contributed by atoms with Crippen molar-refractivity contribution < 1.29 is 4.79 Å². The lowest BCUT2D eigenvalue weighted by molar-refractivity contribution is 0.0802. The molecule has 0 atom stereocenters. The van der Waals surface area contributed by atoms with E-state index in [0.29, 0.717) is 5.69 Å². The van der Waals surface area contributed by atoms with E-state index in [1.54, 1.807) is 5.51 Å². The lowest BCUT2D eigenvalue weighted by atomic mass is 9.78. The fourth-order valence-corrected chi connectivity index (χ4v) is 2.85. The van der Waals surface area contributed by atoms with Crippen LogP contribution in [-0.2, 0) is 0 Å². The maximum Gasteiger partial charge on any atom is 0.201 e. The van der Waals surface area contributed by atoms with Crippen molar-refractivity contribution in [1.29, 1.82) is 0 Å². The van der Waals surface area contributed by atoms with Crippen LogP contribution < -0.4 is 5.32 Å². The predicted octanol–water partition coefficient (Wildman–Crippen LogP) is 2.25. The van der Waals surface area contributed by atoms with Crippen molar-refractivity contribution in [2.75, 3.05) is 7.05 Å². The summed E-state index contributed by atoms with van der Waals surface area (Å²) in [6.45, 7) is 0. The van der Waals surface area contributed by atoms with Gasteiger partial charge in [-0.1, -0.05) is 19.3 Å². The molecule has 82 valence electrons. The van der Waals surface area contributed by atoms with Gasteiger partial charge in [0.1, 0.15) is 5.69 Å². The molecule has 2 rings (SSSR count). The van der Waals surface area contributed by atoms with Crippen LogP contribution in [0.1, 0.15) is 42.6 Å². The van der Waals surface area contributed by atoms with Gasteiger partial charge in [-0.05, 0) is 19.9 Å². The third kappa shape index (κ3) is 1.96. The van der Waals surface area contributed by atoms with E-state index in [1.165, 1.54) is 17.8 Å². The molecule has 3 nitrogen and oxygen atoms in total. The van der Waals surface area contributed by atoms with Crippen LogP contribution in [0, 0.1) is 0 Å². The van der Waals surface area contributed by atoms with Crippen LogP contribution in [0.25, 0.3) is 0 Å². The van der Waals surface area contributed by atoms with E-state index in [4.69, 9.17) is 0 Å². The quantitative estimate of drug-likeness (QED) is 0.801. The molecule has 1 aromatic heterocycles. The van der Waals surface area contributed by atoms with Crippen LogP contribution in [0.2, 0.25) is 0 Å². The summed E-state index contributed by atoms with van der Waals surface area (Å²) in [4.78, 5) is 16.4. The van der Waals surface area contributed by atoms with E-state index in [2.05, 4.69) is 10.3 Å². The number of Topliss-reactive ketones (excluding diaryl/α,β-unsaturated/α-hetero) is 1. The van der Waals surface area contributed by atoms with E-state index < -0.39 is 0 Å². The highest BCUT2D eigenvalue weighted by molar-refractivity contribution is 7.07. The van der Waals surface area contributed by atoms with E-state index in [0.717, 1.165) is 25.7 Å². The first-order valence-corrected chi connectivity index (χ1v) is 6.35. The van der Waals surface area contributed by atoms with Gasteiger partial charge in [0.15, 0.2) is 0 Å². The molecule has 1 aliphatic rings. The third-order valence-corrected chi connectivity index (χ3v) is 3.87. The van der Waals surface area contributed by atoms with E-state index in [9.17, 15) is 4.79 Å². The van der Waals surface area contributed by atoms with E-state index in [-0.39, 0.29) is 11.3 Å². The number of ketones is 1. The molecule has 0 aromatic carbocycles. The molecule has 4 heteroatoms. The summed E-state index contributed by atoms with van der Waals surface area (Å²) in [7, 11) is 1.88. The number of rotatable bonds is 3. The first kappa shape index (κ1) is 10.8. The Bertz CT molecular complexity index is 328. The fraction of sp³-hybridized carbons (Fsp3) is 0.636. The Morgan fingerprint density at radius 3 is 2.73 bits per heavy atom. The minimum atomic E-state index is -0.341. The molecule has 0 unspecified atom stereocenters. The zero-order valence-electron chi connectivity index (χ0n) is 8.95. The Balaban J connectivity index is 2.22. The van der Waals surface area contributed by atoms with Crippen LogP contribution in [0.5, 0.6) is 0 Å². The Hall–Kier alpha value is -0.740. The number of hydrogen-bond donors (Lipinski definition) is 1. The van der Waals surface area contributed by atoms with Crippen LogP contribution in [0.15, 0.2) is 10.9 Å². The molecule has 1 N–H and O–H groups in total. The highest BCUT2D eigenvalue weighted by Gasteiger charge is 2.38. The lowest BCUT2D eigenvalue weighted by Gasteiger charge is -2.34. The summed E-state index contributed by atoms with van der Waals surface area (Å²) in [5.41, 5.74) is 2.00. The van der Waals surface area contributed by atoms with Gasteiger partial charge < -0.3 is 5.32 Å². The van der Waals surface area contributed by atoms with Crippen molar-refractivity contribution in [2.24, 2.45) is 0 Å². The molecule has 0 amide bonds. The summed E-state index contributed by atoms with van der Waals surface area (Å²) in [6, 6.07) is 0. The highest BCUT2D eigenvalue weighted by Crippen LogP contribution is 2.30. The smallest absolute Gasteiger partial charge is 0.201 e. The molecular weight excluding hydrogens is 208 g/mol. The average molecular weight is 224 g/mol. The minimum Gasteiger partial charge on any atom is -0.308 e. The standard InChI is InChI=1S/C11H16N2OS/c1-12-11(5-3-2-4-6-11)10(14)9-7-15-8-13-9/h7-8,12H,2-6H2,1H3. The summed E-state index contributed by atoms with van der Waals surface area (Å²) in [5, 5.41) is 5.06. The molecular formula is C11H16N2OS. The zero-order valence-corrected chi connectivity index (χ0v) is 9.77. The Kier molecular flexibility index (Phi) is 3.17. The van der Waals surface area contributed by atoms with Crippen molar-refractivity contribution in [3.8, 4) is 0 Å². The summed E-state index contributed by atoms with van der Waals surface area (Å²) < 4.78 is 0. The molecule has 1 aliphatic carbocycles. The van der Waals surface area contributed by atoms with Gasteiger partial charge in [0.2, 0.25) is 5.78 Å². The van der Waals surface area contributed by atoms with Gasteiger partial charge in [0.05, 0.1) is 11.0 Å². The van der Waals surface area contributed by atoms with Gasteiger partial charge in [0.25, 0.3) is 0 Å². The number of likely N-dealkylation sites (N-methyl/N-ethyl adjacent to an activating group) is 1. The Morgan fingerprint density at radius 2 is 2.20 bits per heavy atom. The lowest BCUT2D eigenvalue weighted by Crippen LogP contribution is -2.51. The molecule has 1 aromatic rings. The Morgan fingerprint density at radius 1 is 1.47 bits per heavy atom. The van der Waals surface area contributed by atoms with Crippen LogP contribution in [-0.4, -0.2) is 23.4 Å². The predicted molar refractivity (Wildman–Crippen MR) is 61.3 cm³/mol. The molecule has 0 radical (unpaired) electrons. The van der Waals surface area contributed by atoms with E-state index in [1.807, 2.05) is 12.4 Å². The number of thiazole rings is 1. The second-order valence-corrected chi connectivity index (χ2v) is 4.81. The topological polar surface area (TPSA) is 42.0 Å². The molecule has 0 aliphatic heterocycles. The molecule has 0 spiro atoms. The van der Waals surface area contributed by atoms with Crippen LogP contribution in [0.3, 0.4) is 0 Å². The number of nitrogens with one attached hydrogen (secondary N) is 1. The maximum absolute atomic E-state index is 12.3. The van der Waals surface area contributed by atoms with Crippen molar-refractivity contribution in [3.63, 3.8) is 0 Å². The summed E-state index contributed by atoms with van der Waals surface area (Å²) >= 11 is 1.48. The summed E-state index contributed by atoms with van der Waals surface area (Å²) in [5.74, 6) is 0.172. The molecule has 0 saturated heterocycles. The van der Waals surface area contributed by atoms with Crippen molar-refractivity contribution in [2.45, 2.75) is 37.6 Å². The molecule has 1 heterocycles. The van der Waals surface area contributed by atoms with Gasteiger partial charge in [-0.2, -0.15) is 0 Å². The first-order valence-electron chi connectivity index (χ1n) is 5.40. The number of hydrogen-bond acceptors (Lipinski definition) is 4. The summed E-state index contributed by atoms with van der Waals surface area (Å²) in [6.07, 6.45) is 5.40. The first-order chi connectivity index (χ1) is 7.28. The number of carbonyl (C=O) groups excluding carboxylic acids is 1. The number of nitrogens with zero attached hydrogens (tertiary/aromatic N) is 1. The maximum atomic E-state index is 12.3. The number of aromatic nitrogens is 1. The average Bonchev–Trinajstić information content (AvgIpc) is 2.82. The van der Waals surface area contributed by atoms with Crippen molar-refractivity contribution >= 4 is 17.1 Å².